The van der Waals surface area contributed by atoms with E-state index in [1.54, 1.807) is 0 Å². The number of imidazole rings is 1. The van der Waals surface area contributed by atoms with Crippen molar-refractivity contribution >= 4 is 64.1 Å². The number of rotatable bonds is 3. The third-order valence-electron chi connectivity index (χ3n) is 8.40. The fourth-order valence-corrected chi connectivity index (χ4v) is 7.53. The summed E-state index contributed by atoms with van der Waals surface area (Å²) in [6.07, 6.45) is 0. The van der Waals surface area contributed by atoms with Crippen molar-refractivity contribution in [2.45, 2.75) is 0 Å². The molecular formula is C39H24N2S. The molecule has 0 saturated heterocycles. The lowest BCUT2D eigenvalue weighted by atomic mass is 10.00. The Balaban J connectivity index is 1.27. The Bertz CT molecular complexity index is 2450. The largest absolute Gasteiger partial charge is 0.292 e. The predicted octanol–water partition coefficient (Wildman–Crippen LogP) is 11.0. The highest BCUT2D eigenvalue weighted by Gasteiger charge is 2.20. The second-order valence-corrected chi connectivity index (χ2v) is 11.9. The topological polar surface area (TPSA) is 17.8 Å². The second kappa shape index (κ2) is 9.13. The Morgan fingerprint density at radius 3 is 1.79 bits per heavy atom. The van der Waals surface area contributed by atoms with Gasteiger partial charge in [0.25, 0.3) is 0 Å². The lowest BCUT2D eigenvalue weighted by molar-refractivity contribution is 1.11. The smallest absolute Gasteiger partial charge is 0.145 e. The number of thiophene rings is 1. The summed E-state index contributed by atoms with van der Waals surface area (Å²) >= 11 is 1.86. The minimum atomic E-state index is 0.948. The number of fused-ring (bicyclic) bond motifs is 9. The molecule has 2 heterocycles. The average Bonchev–Trinajstić information content (AvgIpc) is 3.65. The van der Waals surface area contributed by atoms with Crippen LogP contribution in [0, 0.1) is 0 Å². The molecule has 0 aliphatic carbocycles. The standard InChI is InChI=1S/C39H24N2S/c1-2-10-28(11-3-1)41-38-33-16-7-5-13-30(33)29-12-4-6-15-32(29)37(38)40-39(41)26-20-18-25(19-21-26)27-22-23-36-34(24-27)31-14-8-9-17-35(31)42-36/h1-24H. The number of nitrogens with zero attached hydrogens (tertiary/aromatic N) is 2. The molecule has 9 rings (SSSR count). The Hall–Kier alpha value is -5.25. The van der Waals surface area contributed by atoms with Gasteiger partial charge < -0.3 is 0 Å². The maximum Gasteiger partial charge on any atom is 0.145 e. The zero-order valence-corrected chi connectivity index (χ0v) is 23.5. The van der Waals surface area contributed by atoms with Crippen molar-refractivity contribution < 1.29 is 0 Å². The molecule has 0 amide bonds. The molecule has 0 aliphatic rings. The number of aromatic nitrogens is 2. The van der Waals surface area contributed by atoms with Crippen LogP contribution < -0.4 is 0 Å². The van der Waals surface area contributed by atoms with Gasteiger partial charge in [-0.2, -0.15) is 0 Å². The highest BCUT2D eigenvalue weighted by atomic mass is 32.1. The summed E-state index contributed by atoms with van der Waals surface area (Å²) in [5, 5.41) is 7.51. The van der Waals surface area contributed by atoms with Gasteiger partial charge in [0.15, 0.2) is 0 Å². The van der Waals surface area contributed by atoms with Crippen LogP contribution in [0.4, 0.5) is 0 Å². The highest BCUT2D eigenvalue weighted by Crippen LogP contribution is 2.40. The average molecular weight is 553 g/mol. The molecule has 0 saturated carbocycles. The van der Waals surface area contributed by atoms with Crippen molar-refractivity contribution in [3.63, 3.8) is 0 Å². The van der Waals surface area contributed by atoms with E-state index in [1.165, 1.54) is 52.8 Å². The summed E-state index contributed by atoms with van der Waals surface area (Å²) in [5.41, 5.74) is 6.80. The van der Waals surface area contributed by atoms with Gasteiger partial charge >= 0.3 is 0 Å². The van der Waals surface area contributed by atoms with E-state index in [1.807, 2.05) is 11.3 Å². The fourth-order valence-electron chi connectivity index (χ4n) is 6.44. The monoisotopic (exact) mass is 552 g/mol. The molecule has 0 unspecified atom stereocenters. The van der Waals surface area contributed by atoms with E-state index >= 15 is 0 Å². The fraction of sp³-hybridized carbons (Fsp3) is 0. The molecule has 0 bridgehead atoms. The third-order valence-corrected chi connectivity index (χ3v) is 9.55. The summed E-state index contributed by atoms with van der Waals surface area (Å²) < 4.78 is 5.00. The lowest BCUT2D eigenvalue weighted by Gasteiger charge is -2.12. The van der Waals surface area contributed by atoms with Crippen molar-refractivity contribution in [2.75, 3.05) is 0 Å². The highest BCUT2D eigenvalue weighted by molar-refractivity contribution is 7.25. The molecule has 0 atom stereocenters. The molecular weight excluding hydrogens is 529 g/mol. The SMILES string of the molecule is c1ccc(-n2c(-c3ccc(-c4ccc5sc6ccccc6c5c4)cc3)nc3c4ccccc4c4ccccc4c32)cc1. The number of para-hydroxylation sites is 1. The van der Waals surface area contributed by atoms with Gasteiger partial charge in [-0.1, -0.05) is 115 Å². The van der Waals surface area contributed by atoms with Gasteiger partial charge in [-0.15, -0.1) is 11.3 Å². The minimum absolute atomic E-state index is 0.948. The first kappa shape index (κ1) is 23.5. The first-order chi connectivity index (χ1) is 20.8. The number of benzene rings is 7. The molecule has 3 heteroatoms. The predicted molar refractivity (Wildman–Crippen MR) is 180 cm³/mol. The van der Waals surface area contributed by atoms with Gasteiger partial charge in [-0.3, -0.25) is 4.57 Å². The summed E-state index contributed by atoms with van der Waals surface area (Å²) in [6, 6.07) is 52.3. The Kier molecular flexibility index (Phi) is 5.10. The van der Waals surface area contributed by atoms with E-state index in [9.17, 15) is 0 Å². The van der Waals surface area contributed by atoms with Crippen LogP contribution in [0.5, 0.6) is 0 Å². The Morgan fingerprint density at radius 1 is 0.429 bits per heavy atom. The normalized spacial score (nSPS) is 11.8. The van der Waals surface area contributed by atoms with E-state index in [4.69, 9.17) is 4.98 Å². The van der Waals surface area contributed by atoms with Gasteiger partial charge in [0.2, 0.25) is 0 Å². The Morgan fingerprint density at radius 2 is 1.00 bits per heavy atom. The van der Waals surface area contributed by atoms with E-state index in [0.29, 0.717) is 0 Å². The molecule has 0 radical (unpaired) electrons. The summed E-state index contributed by atoms with van der Waals surface area (Å²) in [5.74, 6) is 0.948. The van der Waals surface area contributed by atoms with Crippen molar-refractivity contribution in [1.82, 2.24) is 9.55 Å². The van der Waals surface area contributed by atoms with Crippen LogP contribution in [0.1, 0.15) is 0 Å². The molecule has 42 heavy (non-hydrogen) atoms. The molecule has 0 N–H and O–H groups in total. The molecule has 196 valence electrons. The van der Waals surface area contributed by atoms with E-state index in [-0.39, 0.29) is 0 Å². The second-order valence-electron chi connectivity index (χ2n) is 10.8. The summed E-state index contributed by atoms with van der Waals surface area (Å²) in [7, 11) is 0. The van der Waals surface area contributed by atoms with Gasteiger partial charge in [0.05, 0.1) is 11.0 Å². The van der Waals surface area contributed by atoms with Crippen LogP contribution in [0.25, 0.3) is 81.0 Å². The number of hydrogen-bond donors (Lipinski definition) is 0. The van der Waals surface area contributed by atoms with Crippen molar-refractivity contribution in [3.8, 4) is 28.2 Å². The number of hydrogen-bond acceptors (Lipinski definition) is 2. The van der Waals surface area contributed by atoms with Crippen molar-refractivity contribution in [1.29, 1.82) is 0 Å². The Labute approximate surface area is 246 Å². The van der Waals surface area contributed by atoms with Crippen molar-refractivity contribution in [3.05, 3.63) is 146 Å². The van der Waals surface area contributed by atoms with Crippen LogP contribution in [-0.4, -0.2) is 9.55 Å². The molecule has 0 fully saturated rings. The first-order valence-corrected chi connectivity index (χ1v) is 15.0. The maximum absolute atomic E-state index is 5.37. The molecule has 2 aromatic heterocycles. The molecule has 7 aromatic carbocycles. The molecule has 9 aromatic rings. The molecule has 0 aliphatic heterocycles. The molecule has 2 nitrogen and oxygen atoms in total. The summed E-state index contributed by atoms with van der Waals surface area (Å²) in [6.45, 7) is 0. The van der Waals surface area contributed by atoms with Crippen LogP contribution in [0.2, 0.25) is 0 Å². The van der Waals surface area contributed by atoms with Crippen LogP contribution in [0.15, 0.2) is 146 Å². The lowest BCUT2D eigenvalue weighted by Crippen LogP contribution is -1.98. The van der Waals surface area contributed by atoms with Gasteiger partial charge in [0.1, 0.15) is 5.82 Å². The minimum Gasteiger partial charge on any atom is -0.292 e. The third kappa shape index (κ3) is 3.47. The van der Waals surface area contributed by atoms with Crippen LogP contribution in [0.3, 0.4) is 0 Å². The summed E-state index contributed by atoms with van der Waals surface area (Å²) in [4.78, 5) is 5.37. The molecule has 0 spiro atoms. The zero-order chi connectivity index (χ0) is 27.6. The first-order valence-electron chi connectivity index (χ1n) is 14.2. The van der Waals surface area contributed by atoms with E-state index in [0.717, 1.165) is 28.1 Å². The van der Waals surface area contributed by atoms with Crippen LogP contribution in [-0.2, 0) is 0 Å². The van der Waals surface area contributed by atoms with Crippen LogP contribution >= 0.6 is 11.3 Å². The van der Waals surface area contributed by atoms with Gasteiger partial charge in [-0.05, 0) is 52.2 Å². The van der Waals surface area contributed by atoms with E-state index < -0.39 is 0 Å². The van der Waals surface area contributed by atoms with Crippen molar-refractivity contribution in [2.24, 2.45) is 0 Å². The maximum atomic E-state index is 5.37. The van der Waals surface area contributed by atoms with Gasteiger partial charge in [0, 0.05) is 42.2 Å². The van der Waals surface area contributed by atoms with E-state index in [2.05, 4.69) is 150 Å². The quantitative estimate of drug-likeness (QED) is 0.199. The van der Waals surface area contributed by atoms with Gasteiger partial charge in [-0.25, -0.2) is 4.98 Å². The zero-order valence-electron chi connectivity index (χ0n) is 22.7.